The van der Waals surface area contributed by atoms with Crippen LogP contribution in [0, 0.1) is 0 Å². The molecule has 2 aliphatic rings. The summed E-state index contributed by atoms with van der Waals surface area (Å²) in [7, 11) is 0. The third kappa shape index (κ3) is 10.9. The molecule has 2 fully saturated rings. The number of piperazine rings is 1. The van der Waals surface area contributed by atoms with E-state index in [0.717, 1.165) is 37.7 Å². The molecule has 5 amide bonds. The summed E-state index contributed by atoms with van der Waals surface area (Å²) in [4.78, 5) is 69.2. The molecular weight excluding hydrogens is 632 g/mol. The summed E-state index contributed by atoms with van der Waals surface area (Å²) in [5.41, 5.74) is -0.669. The highest BCUT2D eigenvalue weighted by Gasteiger charge is 2.37. The Hall–Kier alpha value is -4.66. The zero-order chi connectivity index (χ0) is 35.9. The van der Waals surface area contributed by atoms with E-state index in [2.05, 4.69) is 33.2 Å². The molecule has 49 heavy (non-hydrogen) atoms. The van der Waals surface area contributed by atoms with E-state index < -0.39 is 35.0 Å². The number of carbonyl (C=O) groups is 4. The van der Waals surface area contributed by atoms with Crippen LogP contribution in [0.1, 0.15) is 72.8 Å². The number of rotatable bonds is 9. The van der Waals surface area contributed by atoms with Gasteiger partial charge in [0.2, 0.25) is 5.91 Å². The molecule has 0 spiro atoms. The molecule has 0 bridgehead atoms. The molecule has 15 nitrogen and oxygen atoms in total. The Bertz CT molecular complexity index is 1540. The van der Waals surface area contributed by atoms with Crippen molar-refractivity contribution < 1.29 is 29.0 Å². The summed E-state index contributed by atoms with van der Waals surface area (Å²) in [6.07, 6.45) is 4.22. The minimum absolute atomic E-state index is 0.0255. The summed E-state index contributed by atoms with van der Waals surface area (Å²) in [6.45, 7) is 11.7. The maximum Gasteiger partial charge on any atom is 0.408 e. The van der Waals surface area contributed by atoms with Crippen molar-refractivity contribution in [1.29, 1.82) is 0 Å². The molecule has 1 aliphatic heterocycles. The van der Waals surface area contributed by atoms with Crippen LogP contribution in [0.25, 0.3) is 5.69 Å². The van der Waals surface area contributed by atoms with Crippen LogP contribution in [0.3, 0.4) is 0 Å². The highest BCUT2D eigenvalue weighted by atomic mass is 16.6. The van der Waals surface area contributed by atoms with Gasteiger partial charge in [-0.2, -0.15) is 4.98 Å². The lowest BCUT2D eigenvalue weighted by Crippen LogP contribution is -2.60. The van der Waals surface area contributed by atoms with Crippen LogP contribution in [0.15, 0.2) is 41.3 Å². The molecular formula is C34H50N8O7. The lowest BCUT2D eigenvalue weighted by Gasteiger charge is -2.38. The van der Waals surface area contributed by atoms with Crippen LogP contribution >= 0.6 is 0 Å². The highest BCUT2D eigenvalue weighted by molar-refractivity contribution is 5.90. The van der Waals surface area contributed by atoms with Crippen molar-refractivity contribution in [2.45, 2.75) is 103 Å². The van der Waals surface area contributed by atoms with Crippen LogP contribution in [0.5, 0.6) is 0 Å². The van der Waals surface area contributed by atoms with E-state index in [1.54, 1.807) is 56.7 Å². The average molecular weight is 683 g/mol. The van der Waals surface area contributed by atoms with Gasteiger partial charge in [0.25, 0.3) is 0 Å². The Kier molecular flexibility index (Phi) is 11.9. The van der Waals surface area contributed by atoms with Crippen molar-refractivity contribution in [1.82, 2.24) is 35.3 Å². The molecule has 2 heterocycles. The van der Waals surface area contributed by atoms with Gasteiger partial charge in [-0.25, -0.2) is 19.2 Å². The molecule has 268 valence electrons. The van der Waals surface area contributed by atoms with Crippen molar-refractivity contribution >= 4 is 29.9 Å². The van der Waals surface area contributed by atoms with E-state index in [1.165, 1.54) is 4.57 Å². The first kappa shape index (κ1) is 37.2. The lowest BCUT2D eigenvalue weighted by molar-refractivity contribution is -0.138. The topological polar surface area (TPSA) is 187 Å². The van der Waals surface area contributed by atoms with E-state index in [4.69, 9.17) is 9.84 Å². The number of aromatic nitrogens is 2. The first-order valence-electron chi connectivity index (χ1n) is 16.8. The molecule has 15 heteroatoms. The summed E-state index contributed by atoms with van der Waals surface area (Å²) in [5, 5.41) is 20.5. The number of carboxylic acid groups (broad SMARTS) is 1. The molecule has 1 unspecified atom stereocenters. The van der Waals surface area contributed by atoms with Crippen molar-refractivity contribution in [3.8, 4) is 5.69 Å². The Labute approximate surface area is 286 Å². The average Bonchev–Trinajstić information content (AvgIpc) is 3.01. The van der Waals surface area contributed by atoms with Crippen LogP contribution < -0.4 is 27.0 Å². The van der Waals surface area contributed by atoms with Crippen LogP contribution in [0.2, 0.25) is 0 Å². The van der Waals surface area contributed by atoms with Gasteiger partial charge in [-0.05, 0) is 97.4 Å². The number of carbonyl (C=O) groups excluding carboxylic acids is 3. The first-order chi connectivity index (χ1) is 23.0. The van der Waals surface area contributed by atoms with E-state index in [-0.39, 0.29) is 50.0 Å². The number of benzene rings is 1. The zero-order valence-corrected chi connectivity index (χ0v) is 29.2. The first-order valence-corrected chi connectivity index (χ1v) is 16.8. The van der Waals surface area contributed by atoms with Gasteiger partial charge in [0.1, 0.15) is 17.0 Å². The Morgan fingerprint density at radius 2 is 1.51 bits per heavy atom. The van der Waals surface area contributed by atoms with E-state index in [0.29, 0.717) is 11.7 Å². The fourth-order valence-electron chi connectivity index (χ4n) is 6.16. The van der Waals surface area contributed by atoms with Gasteiger partial charge in [-0.15, -0.1) is 0 Å². The summed E-state index contributed by atoms with van der Waals surface area (Å²) in [6, 6.07) is 9.40. The normalized spacial score (nSPS) is 19.1. The van der Waals surface area contributed by atoms with Crippen molar-refractivity contribution in [2.24, 2.45) is 0 Å². The van der Waals surface area contributed by atoms with Crippen molar-refractivity contribution in [2.75, 3.05) is 31.5 Å². The van der Waals surface area contributed by atoms with Crippen molar-refractivity contribution in [3.63, 3.8) is 0 Å². The SMILES string of the molecule is CC(Cc1ccc(-n2ccc(NC(=O)N3CCN(C(=O)C(C)(C)NC(=O)OC(C)(C)C)CC3)nc2=O)cc1)N[C@H]1CC[C@H](NC(=O)O)CC1. The number of nitrogens with zero attached hydrogens (tertiary/aromatic N) is 4. The molecule has 1 aromatic heterocycles. The van der Waals surface area contributed by atoms with Crippen LogP contribution in [0.4, 0.5) is 20.2 Å². The number of anilines is 1. The zero-order valence-electron chi connectivity index (χ0n) is 29.2. The molecule has 4 rings (SSSR count). The van der Waals surface area contributed by atoms with Crippen LogP contribution in [-0.4, -0.2) is 104 Å². The maximum absolute atomic E-state index is 13.1. The summed E-state index contributed by atoms with van der Waals surface area (Å²) in [5.74, 6) is -0.161. The number of ether oxygens (including phenoxy) is 1. The molecule has 1 aromatic carbocycles. The largest absolute Gasteiger partial charge is 0.465 e. The second-order valence-electron chi connectivity index (χ2n) is 14.4. The Morgan fingerprint density at radius 3 is 2.08 bits per heavy atom. The van der Waals surface area contributed by atoms with E-state index in [9.17, 15) is 24.0 Å². The number of nitrogens with one attached hydrogen (secondary N) is 4. The van der Waals surface area contributed by atoms with Gasteiger partial charge in [0.05, 0.1) is 5.69 Å². The van der Waals surface area contributed by atoms with Gasteiger partial charge in [0, 0.05) is 50.5 Å². The second-order valence-corrected chi connectivity index (χ2v) is 14.4. The predicted molar refractivity (Wildman–Crippen MR) is 184 cm³/mol. The highest BCUT2D eigenvalue weighted by Crippen LogP contribution is 2.20. The fraction of sp³-hybridized carbons (Fsp3) is 0.588. The third-order valence-corrected chi connectivity index (χ3v) is 8.57. The van der Waals surface area contributed by atoms with Gasteiger partial charge in [-0.3, -0.25) is 14.7 Å². The predicted octanol–water partition coefficient (Wildman–Crippen LogP) is 3.31. The van der Waals surface area contributed by atoms with Gasteiger partial charge < -0.3 is 35.6 Å². The smallest absolute Gasteiger partial charge is 0.408 e. The molecule has 0 radical (unpaired) electrons. The quantitative estimate of drug-likeness (QED) is 0.265. The number of urea groups is 1. The minimum Gasteiger partial charge on any atom is -0.465 e. The minimum atomic E-state index is -1.19. The van der Waals surface area contributed by atoms with E-state index >= 15 is 0 Å². The Morgan fingerprint density at radius 1 is 0.918 bits per heavy atom. The number of alkyl carbamates (subject to hydrolysis) is 1. The maximum atomic E-state index is 13.1. The third-order valence-electron chi connectivity index (χ3n) is 8.57. The standard InChI is InChI=1S/C34H50N8O7/c1-22(35-24-9-11-25(12-10-24)36-31(46)47)21-23-7-13-26(14-8-23)42-16-15-27(38-30(42)45)37-29(44)41-19-17-40(18-20-41)28(43)34(5,6)39-32(48)49-33(2,3)4/h7-8,13-16,22,24-25,35-36H,9-12,17-21H2,1-6H3,(H,39,48)(H,46,47)(H,37,38,44,45)/t22?,24-,25-. The van der Waals surface area contributed by atoms with Gasteiger partial charge in [0.15, 0.2) is 0 Å². The van der Waals surface area contributed by atoms with E-state index in [1.807, 2.05) is 24.3 Å². The molecule has 5 N–H and O–H groups in total. The van der Waals surface area contributed by atoms with Crippen LogP contribution in [-0.2, 0) is 16.0 Å². The second kappa shape index (κ2) is 15.7. The fourth-order valence-corrected chi connectivity index (χ4v) is 6.16. The molecule has 1 saturated carbocycles. The number of amides is 5. The van der Waals surface area contributed by atoms with Gasteiger partial charge >= 0.3 is 23.9 Å². The monoisotopic (exact) mass is 682 g/mol. The molecule has 1 aliphatic carbocycles. The van der Waals surface area contributed by atoms with Gasteiger partial charge in [-0.1, -0.05) is 12.1 Å². The molecule has 1 atom stereocenters. The number of hydrogen-bond acceptors (Lipinski definition) is 8. The Balaban J connectivity index is 1.24. The summed E-state index contributed by atoms with van der Waals surface area (Å²) < 4.78 is 6.68. The molecule has 2 aromatic rings. The summed E-state index contributed by atoms with van der Waals surface area (Å²) >= 11 is 0. The van der Waals surface area contributed by atoms with Crippen molar-refractivity contribution in [3.05, 3.63) is 52.6 Å². The lowest BCUT2D eigenvalue weighted by atomic mass is 9.90. The molecule has 1 saturated heterocycles. The number of hydrogen-bond donors (Lipinski definition) is 5.